The van der Waals surface area contributed by atoms with E-state index in [1.54, 1.807) is 6.92 Å². The van der Waals surface area contributed by atoms with Crippen molar-refractivity contribution < 1.29 is 14.3 Å². The van der Waals surface area contributed by atoms with Crippen molar-refractivity contribution in [2.45, 2.75) is 46.0 Å². The first kappa shape index (κ1) is 14.9. The van der Waals surface area contributed by atoms with E-state index < -0.39 is 6.10 Å². The maximum atomic E-state index is 11.9. The van der Waals surface area contributed by atoms with E-state index in [-0.39, 0.29) is 12.1 Å². The Bertz CT molecular complexity index is 348. The van der Waals surface area contributed by atoms with E-state index in [0.717, 1.165) is 6.42 Å². The normalized spacial score (nSPS) is 14.2. The minimum atomic E-state index is -0.407. The van der Waals surface area contributed by atoms with Crippen LogP contribution < -0.4 is 0 Å². The number of rotatable bonds is 8. The third-order valence-electron chi connectivity index (χ3n) is 2.75. The second-order valence-electron chi connectivity index (χ2n) is 4.25. The van der Waals surface area contributed by atoms with E-state index in [0.29, 0.717) is 13.0 Å². The van der Waals surface area contributed by atoms with Gasteiger partial charge in [0.05, 0.1) is 0 Å². The van der Waals surface area contributed by atoms with Crippen LogP contribution in [0.5, 0.6) is 0 Å². The summed E-state index contributed by atoms with van der Waals surface area (Å²) in [6, 6.07) is 10.00. The van der Waals surface area contributed by atoms with Gasteiger partial charge in [-0.1, -0.05) is 30.3 Å². The molecule has 0 N–H and O–H groups in total. The topological polar surface area (TPSA) is 35.5 Å². The molecular formula is C15H22O3. The van der Waals surface area contributed by atoms with Gasteiger partial charge in [-0.3, -0.25) is 4.79 Å². The summed E-state index contributed by atoms with van der Waals surface area (Å²) in [5.41, 5.74) is 1.18. The second kappa shape index (κ2) is 8.01. The molecule has 0 saturated carbocycles. The molecule has 0 heterocycles. The Balaban J connectivity index is 2.32. The lowest BCUT2D eigenvalue weighted by Crippen LogP contribution is -2.27. The number of carbonyl (C=O) groups excluding carboxylic acids is 1. The van der Waals surface area contributed by atoms with Crippen LogP contribution in [0.2, 0.25) is 0 Å². The lowest BCUT2D eigenvalue weighted by molar-refractivity contribution is -0.166. The minimum absolute atomic E-state index is 0.116. The molecule has 1 aromatic rings. The molecule has 0 radical (unpaired) electrons. The van der Waals surface area contributed by atoms with Crippen molar-refractivity contribution in [2.24, 2.45) is 0 Å². The highest BCUT2D eigenvalue weighted by Gasteiger charge is 2.16. The van der Waals surface area contributed by atoms with Gasteiger partial charge in [0.2, 0.25) is 0 Å². The number of hydrogen-bond donors (Lipinski definition) is 0. The summed E-state index contributed by atoms with van der Waals surface area (Å²) in [5, 5.41) is 0. The molecule has 0 aliphatic rings. The smallest absolute Gasteiger partial charge is 0.161 e. The monoisotopic (exact) mass is 250 g/mol. The van der Waals surface area contributed by atoms with Crippen LogP contribution in [0.3, 0.4) is 0 Å². The van der Waals surface area contributed by atoms with E-state index in [1.807, 2.05) is 44.2 Å². The van der Waals surface area contributed by atoms with Crippen molar-refractivity contribution in [3.8, 4) is 0 Å². The second-order valence-corrected chi connectivity index (χ2v) is 4.25. The Morgan fingerprint density at radius 1 is 1.22 bits per heavy atom. The molecule has 0 aromatic heterocycles. The lowest BCUT2D eigenvalue weighted by atomic mass is 10.1. The Kier molecular flexibility index (Phi) is 6.61. The number of benzene rings is 1. The van der Waals surface area contributed by atoms with Crippen molar-refractivity contribution in [1.29, 1.82) is 0 Å². The zero-order valence-electron chi connectivity index (χ0n) is 11.4. The molecule has 0 aliphatic carbocycles. The molecule has 3 nitrogen and oxygen atoms in total. The molecule has 18 heavy (non-hydrogen) atoms. The van der Waals surface area contributed by atoms with E-state index in [1.165, 1.54) is 5.56 Å². The van der Waals surface area contributed by atoms with E-state index >= 15 is 0 Å². The van der Waals surface area contributed by atoms with Gasteiger partial charge in [0.25, 0.3) is 0 Å². The van der Waals surface area contributed by atoms with Crippen LogP contribution in [0.1, 0.15) is 32.8 Å². The Morgan fingerprint density at radius 2 is 1.89 bits per heavy atom. The summed E-state index contributed by atoms with van der Waals surface area (Å²) < 4.78 is 10.7. The molecule has 100 valence electrons. The van der Waals surface area contributed by atoms with Gasteiger partial charge >= 0.3 is 0 Å². The van der Waals surface area contributed by atoms with Gasteiger partial charge in [0.15, 0.2) is 12.1 Å². The molecule has 0 saturated heterocycles. The Morgan fingerprint density at radius 3 is 2.50 bits per heavy atom. The van der Waals surface area contributed by atoms with Gasteiger partial charge < -0.3 is 9.47 Å². The van der Waals surface area contributed by atoms with Crippen LogP contribution >= 0.6 is 0 Å². The van der Waals surface area contributed by atoms with Crippen LogP contribution in [-0.2, 0) is 20.7 Å². The molecule has 0 amide bonds. The molecule has 0 spiro atoms. The Hall–Kier alpha value is -1.19. The number of aryl methyl sites for hydroxylation is 1. The number of ketones is 1. The number of hydrogen-bond acceptors (Lipinski definition) is 3. The summed E-state index contributed by atoms with van der Waals surface area (Å²) >= 11 is 0. The first-order valence-corrected chi connectivity index (χ1v) is 6.47. The number of Topliss-reactive ketones (excluding diaryl/α,β-unsaturated/α-hetero) is 1. The van der Waals surface area contributed by atoms with Crippen LogP contribution in [0.15, 0.2) is 30.3 Å². The van der Waals surface area contributed by atoms with Crippen LogP contribution in [0, 0.1) is 0 Å². The van der Waals surface area contributed by atoms with Gasteiger partial charge in [-0.05, 0) is 32.8 Å². The summed E-state index contributed by atoms with van der Waals surface area (Å²) in [6.45, 7) is 6.08. The SMILES string of the molecule is CCOC(C)OC(C)C(=O)CCc1ccccc1. The molecular weight excluding hydrogens is 228 g/mol. The van der Waals surface area contributed by atoms with Crippen LogP contribution in [0.4, 0.5) is 0 Å². The van der Waals surface area contributed by atoms with E-state index in [4.69, 9.17) is 9.47 Å². The summed E-state index contributed by atoms with van der Waals surface area (Å²) in [7, 11) is 0. The fourth-order valence-corrected chi connectivity index (χ4v) is 1.75. The van der Waals surface area contributed by atoms with Crippen molar-refractivity contribution in [3.63, 3.8) is 0 Å². The minimum Gasteiger partial charge on any atom is -0.353 e. The maximum Gasteiger partial charge on any atom is 0.161 e. The van der Waals surface area contributed by atoms with Gasteiger partial charge in [-0.15, -0.1) is 0 Å². The van der Waals surface area contributed by atoms with Crippen LogP contribution in [0.25, 0.3) is 0 Å². The van der Waals surface area contributed by atoms with Crippen LogP contribution in [-0.4, -0.2) is 24.8 Å². The van der Waals surface area contributed by atoms with Crippen molar-refractivity contribution >= 4 is 5.78 Å². The zero-order chi connectivity index (χ0) is 13.4. The first-order chi connectivity index (χ1) is 8.63. The molecule has 2 atom stereocenters. The number of ether oxygens (including phenoxy) is 2. The molecule has 0 bridgehead atoms. The van der Waals surface area contributed by atoms with Gasteiger partial charge in [0.1, 0.15) is 6.10 Å². The highest BCUT2D eigenvalue weighted by Crippen LogP contribution is 2.07. The van der Waals surface area contributed by atoms with Gasteiger partial charge in [-0.2, -0.15) is 0 Å². The fourth-order valence-electron chi connectivity index (χ4n) is 1.75. The average molecular weight is 250 g/mol. The van der Waals surface area contributed by atoms with Crippen molar-refractivity contribution in [1.82, 2.24) is 0 Å². The third-order valence-corrected chi connectivity index (χ3v) is 2.75. The van der Waals surface area contributed by atoms with E-state index in [2.05, 4.69) is 0 Å². The lowest BCUT2D eigenvalue weighted by Gasteiger charge is -2.18. The third kappa shape index (κ3) is 5.43. The molecule has 0 aliphatic heterocycles. The van der Waals surface area contributed by atoms with Gasteiger partial charge in [0, 0.05) is 13.0 Å². The molecule has 3 heteroatoms. The number of carbonyl (C=O) groups is 1. The highest BCUT2D eigenvalue weighted by molar-refractivity contribution is 5.82. The quantitative estimate of drug-likeness (QED) is 0.665. The summed E-state index contributed by atoms with van der Waals surface area (Å²) in [4.78, 5) is 11.9. The average Bonchev–Trinajstić information content (AvgIpc) is 2.37. The predicted molar refractivity (Wildman–Crippen MR) is 71.4 cm³/mol. The van der Waals surface area contributed by atoms with Crippen molar-refractivity contribution in [3.05, 3.63) is 35.9 Å². The highest BCUT2D eigenvalue weighted by atomic mass is 16.7. The largest absolute Gasteiger partial charge is 0.353 e. The molecule has 1 rings (SSSR count). The first-order valence-electron chi connectivity index (χ1n) is 6.47. The van der Waals surface area contributed by atoms with Crippen molar-refractivity contribution in [2.75, 3.05) is 6.61 Å². The Labute approximate surface area is 109 Å². The standard InChI is InChI=1S/C15H22O3/c1-4-17-13(3)18-12(2)15(16)11-10-14-8-6-5-7-9-14/h5-9,12-13H,4,10-11H2,1-3H3. The maximum absolute atomic E-state index is 11.9. The van der Waals surface area contributed by atoms with E-state index in [9.17, 15) is 4.79 Å². The summed E-state index contributed by atoms with van der Waals surface area (Å²) in [5.74, 6) is 0.116. The zero-order valence-corrected chi connectivity index (χ0v) is 11.4. The molecule has 1 aromatic carbocycles. The molecule has 0 fully saturated rings. The predicted octanol–water partition coefficient (Wildman–Crippen LogP) is 2.98. The van der Waals surface area contributed by atoms with Gasteiger partial charge in [-0.25, -0.2) is 0 Å². The summed E-state index contributed by atoms with van der Waals surface area (Å²) in [6.07, 6.45) is 0.529. The fraction of sp³-hybridized carbons (Fsp3) is 0.533. The molecule has 2 unspecified atom stereocenters.